The Kier molecular flexibility index (Phi) is 9.27. The fourth-order valence-electron chi connectivity index (χ4n) is 2.34. The number of benzene rings is 1. The second-order valence-electron chi connectivity index (χ2n) is 5.78. The van der Waals surface area contributed by atoms with Gasteiger partial charge in [0.15, 0.2) is 11.5 Å². The first kappa shape index (κ1) is 19.4. The summed E-state index contributed by atoms with van der Waals surface area (Å²) in [7, 11) is 0. The number of hydrogen-bond donors (Lipinski definition) is 0. The van der Waals surface area contributed by atoms with Gasteiger partial charge in [-0.25, -0.2) is 0 Å². The Morgan fingerprint density at radius 3 is 2.04 bits per heavy atom. The normalized spacial score (nSPS) is 11.8. The predicted octanol–water partition coefficient (Wildman–Crippen LogP) is 5.73. The van der Waals surface area contributed by atoms with E-state index in [4.69, 9.17) is 14.2 Å². The molecular formula is C20H32O3. The largest absolute Gasteiger partial charge is 0.490 e. The molecule has 0 saturated carbocycles. The van der Waals surface area contributed by atoms with Crippen molar-refractivity contribution >= 4 is 0 Å². The van der Waals surface area contributed by atoms with E-state index >= 15 is 0 Å². The van der Waals surface area contributed by atoms with E-state index in [0.717, 1.165) is 48.5 Å². The van der Waals surface area contributed by atoms with E-state index in [1.54, 1.807) is 0 Å². The summed E-state index contributed by atoms with van der Waals surface area (Å²) in [6.45, 7) is 14.4. The van der Waals surface area contributed by atoms with Crippen LogP contribution in [0.1, 0.15) is 64.9 Å². The number of hydrogen-bond acceptors (Lipinski definition) is 3. The summed E-state index contributed by atoms with van der Waals surface area (Å²) in [5.41, 5.74) is 1.16. The van der Waals surface area contributed by atoms with E-state index in [-0.39, 0.29) is 0 Å². The van der Waals surface area contributed by atoms with Crippen LogP contribution in [0.5, 0.6) is 17.2 Å². The molecule has 1 atom stereocenters. The van der Waals surface area contributed by atoms with Crippen molar-refractivity contribution in [3.8, 4) is 17.2 Å². The van der Waals surface area contributed by atoms with Gasteiger partial charge >= 0.3 is 0 Å². The molecule has 0 aliphatic rings. The molecule has 0 fully saturated rings. The van der Waals surface area contributed by atoms with Crippen LogP contribution in [-0.4, -0.2) is 19.8 Å². The summed E-state index contributed by atoms with van der Waals surface area (Å²) in [4.78, 5) is 0. The lowest BCUT2D eigenvalue weighted by Crippen LogP contribution is -2.08. The van der Waals surface area contributed by atoms with Gasteiger partial charge in [-0.15, -0.1) is 6.58 Å². The number of ether oxygens (including phenoxy) is 3. The smallest absolute Gasteiger partial charge is 0.203 e. The highest BCUT2D eigenvalue weighted by atomic mass is 16.5. The van der Waals surface area contributed by atoms with Gasteiger partial charge in [0.05, 0.1) is 19.8 Å². The topological polar surface area (TPSA) is 27.7 Å². The average molecular weight is 320 g/mol. The van der Waals surface area contributed by atoms with Crippen LogP contribution >= 0.6 is 0 Å². The minimum atomic E-state index is 0.337. The van der Waals surface area contributed by atoms with Crippen LogP contribution < -0.4 is 14.2 Å². The molecule has 1 aromatic rings. The van der Waals surface area contributed by atoms with Crippen LogP contribution in [-0.2, 0) is 0 Å². The van der Waals surface area contributed by atoms with Crippen LogP contribution in [0.4, 0.5) is 0 Å². The SMILES string of the molecule is C=CCC(C)c1ccc(OCCC)c(OCCC)c1OCCC. The number of rotatable bonds is 12. The van der Waals surface area contributed by atoms with Crippen molar-refractivity contribution in [3.63, 3.8) is 0 Å². The third-order valence-corrected chi connectivity index (χ3v) is 3.52. The van der Waals surface area contributed by atoms with Gasteiger partial charge in [-0.3, -0.25) is 0 Å². The lowest BCUT2D eigenvalue weighted by Gasteiger charge is -2.22. The molecule has 1 rings (SSSR count). The van der Waals surface area contributed by atoms with Gasteiger partial charge < -0.3 is 14.2 Å². The Hall–Kier alpha value is -1.64. The molecule has 0 radical (unpaired) electrons. The quantitative estimate of drug-likeness (QED) is 0.460. The Bertz CT molecular complexity index is 468. The van der Waals surface area contributed by atoms with Crippen molar-refractivity contribution in [2.24, 2.45) is 0 Å². The molecular weight excluding hydrogens is 288 g/mol. The zero-order chi connectivity index (χ0) is 17.1. The third-order valence-electron chi connectivity index (χ3n) is 3.52. The van der Waals surface area contributed by atoms with Gasteiger partial charge in [-0.2, -0.15) is 0 Å². The summed E-state index contributed by atoms with van der Waals surface area (Å²) in [6, 6.07) is 4.11. The maximum Gasteiger partial charge on any atom is 0.203 e. The molecule has 0 aliphatic carbocycles. The van der Waals surface area contributed by atoms with E-state index in [9.17, 15) is 0 Å². The van der Waals surface area contributed by atoms with E-state index in [1.807, 2.05) is 12.1 Å². The Morgan fingerprint density at radius 1 is 0.913 bits per heavy atom. The molecule has 0 aromatic heterocycles. The average Bonchev–Trinajstić information content (AvgIpc) is 2.56. The molecule has 0 amide bonds. The van der Waals surface area contributed by atoms with Gasteiger partial charge in [0.25, 0.3) is 0 Å². The predicted molar refractivity (Wildman–Crippen MR) is 97.0 cm³/mol. The molecule has 130 valence electrons. The molecule has 1 unspecified atom stereocenters. The maximum atomic E-state index is 6.06. The van der Waals surface area contributed by atoms with Crippen molar-refractivity contribution in [1.29, 1.82) is 0 Å². The van der Waals surface area contributed by atoms with Crippen molar-refractivity contribution in [2.75, 3.05) is 19.8 Å². The Balaban J connectivity index is 3.25. The zero-order valence-corrected chi connectivity index (χ0v) is 15.2. The zero-order valence-electron chi connectivity index (χ0n) is 15.2. The lowest BCUT2D eigenvalue weighted by atomic mass is 9.96. The third kappa shape index (κ3) is 5.81. The van der Waals surface area contributed by atoms with Crippen molar-refractivity contribution in [2.45, 2.75) is 59.3 Å². The van der Waals surface area contributed by atoms with Crippen LogP contribution in [0.3, 0.4) is 0 Å². The van der Waals surface area contributed by atoms with E-state index in [1.165, 1.54) is 0 Å². The summed E-state index contributed by atoms with van der Waals surface area (Å²) in [6.07, 6.45) is 5.73. The van der Waals surface area contributed by atoms with Gasteiger partial charge in [0, 0.05) is 5.56 Å². The maximum absolute atomic E-state index is 6.06. The fraction of sp³-hybridized carbons (Fsp3) is 0.600. The van der Waals surface area contributed by atoms with Crippen molar-refractivity contribution in [1.82, 2.24) is 0 Å². The van der Waals surface area contributed by atoms with E-state index < -0.39 is 0 Å². The second-order valence-corrected chi connectivity index (χ2v) is 5.78. The molecule has 0 heterocycles. The first-order valence-electron chi connectivity index (χ1n) is 8.85. The highest BCUT2D eigenvalue weighted by Crippen LogP contribution is 2.44. The molecule has 0 saturated heterocycles. The molecule has 0 aliphatic heterocycles. The monoisotopic (exact) mass is 320 g/mol. The van der Waals surface area contributed by atoms with E-state index in [0.29, 0.717) is 25.7 Å². The highest BCUT2D eigenvalue weighted by molar-refractivity contribution is 5.57. The minimum Gasteiger partial charge on any atom is -0.490 e. The number of allylic oxidation sites excluding steroid dienone is 1. The standard InChI is InChI=1S/C20H32O3/c1-6-10-16(5)17-11-12-18(21-13-7-2)20(23-15-9-4)19(17)22-14-8-3/h6,11-12,16H,1,7-10,13-15H2,2-5H3. The Labute approximate surface area is 141 Å². The van der Waals surface area contributed by atoms with Crippen LogP contribution in [0, 0.1) is 0 Å². The van der Waals surface area contributed by atoms with Gasteiger partial charge in [0.2, 0.25) is 5.75 Å². The highest BCUT2D eigenvalue weighted by Gasteiger charge is 2.20. The lowest BCUT2D eigenvalue weighted by molar-refractivity contribution is 0.240. The molecule has 0 N–H and O–H groups in total. The fourth-order valence-corrected chi connectivity index (χ4v) is 2.34. The first-order valence-corrected chi connectivity index (χ1v) is 8.85. The van der Waals surface area contributed by atoms with Crippen LogP contribution in [0.15, 0.2) is 24.8 Å². The molecule has 3 nitrogen and oxygen atoms in total. The minimum absolute atomic E-state index is 0.337. The van der Waals surface area contributed by atoms with Crippen molar-refractivity contribution < 1.29 is 14.2 Å². The van der Waals surface area contributed by atoms with Gasteiger partial charge in [-0.05, 0) is 37.7 Å². The first-order chi connectivity index (χ1) is 11.2. The van der Waals surface area contributed by atoms with E-state index in [2.05, 4.69) is 40.3 Å². The Morgan fingerprint density at radius 2 is 1.48 bits per heavy atom. The molecule has 0 spiro atoms. The molecule has 0 bridgehead atoms. The van der Waals surface area contributed by atoms with Gasteiger partial charge in [0.1, 0.15) is 0 Å². The van der Waals surface area contributed by atoms with Crippen LogP contribution in [0.2, 0.25) is 0 Å². The summed E-state index contributed by atoms with van der Waals surface area (Å²) in [5, 5.41) is 0. The summed E-state index contributed by atoms with van der Waals surface area (Å²) in [5.74, 6) is 2.70. The van der Waals surface area contributed by atoms with Crippen LogP contribution in [0.25, 0.3) is 0 Å². The molecule has 1 aromatic carbocycles. The summed E-state index contributed by atoms with van der Waals surface area (Å²) < 4.78 is 17.9. The van der Waals surface area contributed by atoms with Crippen molar-refractivity contribution in [3.05, 3.63) is 30.4 Å². The molecule has 3 heteroatoms. The molecule has 23 heavy (non-hydrogen) atoms. The van der Waals surface area contributed by atoms with Gasteiger partial charge in [-0.1, -0.05) is 39.8 Å². The summed E-state index contributed by atoms with van der Waals surface area (Å²) >= 11 is 0. The second kappa shape index (κ2) is 11.0.